The highest BCUT2D eigenvalue weighted by Gasteiger charge is 2.16. The molecule has 2 aromatic heterocycles. The van der Waals surface area contributed by atoms with Crippen LogP contribution in [-0.4, -0.2) is 15.5 Å². The van der Waals surface area contributed by atoms with Crippen LogP contribution >= 0.6 is 22.9 Å². The molecule has 1 N–H and O–H groups in total. The Morgan fingerprint density at radius 1 is 1.31 bits per heavy atom. The van der Waals surface area contributed by atoms with E-state index < -0.39 is 5.82 Å². The van der Waals surface area contributed by atoms with E-state index in [9.17, 15) is 9.18 Å². The number of anilines is 1. The Morgan fingerprint density at radius 3 is 2.77 bits per heavy atom. The molecule has 0 saturated carbocycles. The topological polar surface area (TPSA) is 46.9 Å². The van der Waals surface area contributed by atoms with E-state index in [2.05, 4.69) is 24.1 Å². The van der Waals surface area contributed by atoms with Gasteiger partial charge in [-0.15, -0.1) is 11.3 Å². The molecule has 0 aliphatic rings. The number of nitrogens with one attached hydrogen (secondary N) is 1. The first-order valence-electron chi connectivity index (χ1n) is 8.25. The summed E-state index contributed by atoms with van der Waals surface area (Å²) in [5.41, 5.74) is 2.27. The average Bonchev–Trinajstić information content (AvgIpc) is 3.15. The summed E-state index contributed by atoms with van der Waals surface area (Å²) in [5.74, 6) is -0.169. The molecule has 0 saturated heterocycles. The highest BCUT2D eigenvalue weighted by atomic mass is 35.5. The van der Waals surface area contributed by atoms with Gasteiger partial charge < -0.3 is 4.57 Å². The fourth-order valence-corrected chi connectivity index (χ4v) is 3.59. The number of rotatable bonds is 6. The van der Waals surface area contributed by atoms with E-state index in [1.54, 1.807) is 17.6 Å². The predicted octanol–water partition coefficient (Wildman–Crippen LogP) is 5.24. The van der Waals surface area contributed by atoms with Crippen molar-refractivity contribution in [1.29, 1.82) is 0 Å². The van der Waals surface area contributed by atoms with Gasteiger partial charge in [0.25, 0.3) is 5.91 Å². The maximum absolute atomic E-state index is 13.6. The molecule has 136 valence electrons. The van der Waals surface area contributed by atoms with Crippen molar-refractivity contribution in [2.75, 3.05) is 5.32 Å². The average molecular weight is 392 g/mol. The monoisotopic (exact) mass is 391 g/mol. The van der Waals surface area contributed by atoms with Crippen LogP contribution in [0.15, 0.2) is 42.0 Å². The molecular formula is C19H19ClFN3OS. The molecule has 0 aliphatic carbocycles. The van der Waals surface area contributed by atoms with Crippen molar-refractivity contribution in [1.82, 2.24) is 9.55 Å². The van der Waals surface area contributed by atoms with Crippen LogP contribution in [0.2, 0.25) is 5.02 Å². The number of hydrogen-bond acceptors (Lipinski definition) is 3. The molecule has 26 heavy (non-hydrogen) atoms. The predicted molar refractivity (Wildman–Crippen MR) is 104 cm³/mol. The largest absolute Gasteiger partial charge is 0.339 e. The maximum Gasteiger partial charge on any atom is 0.274 e. The van der Waals surface area contributed by atoms with Gasteiger partial charge in [-0.2, -0.15) is 0 Å². The lowest BCUT2D eigenvalue weighted by atomic mass is 10.1. The van der Waals surface area contributed by atoms with Gasteiger partial charge in [0.05, 0.1) is 0 Å². The standard InChI is InChI=1S/C19H19ClFN3OS/c1-12(2)5-13-8-17(18(25)23-19-22-3-4-26-19)24(10-13)11-14-6-15(20)9-16(21)7-14/h3-4,6-10,12H,5,11H2,1-2H3,(H,22,23,25). The van der Waals surface area contributed by atoms with Crippen LogP contribution in [0, 0.1) is 11.7 Å². The van der Waals surface area contributed by atoms with Gasteiger partial charge in [-0.25, -0.2) is 9.37 Å². The second kappa shape index (κ2) is 8.01. The minimum absolute atomic E-state index is 0.238. The zero-order valence-electron chi connectivity index (χ0n) is 14.5. The van der Waals surface area contributed by atoms with Gasteiger partial charge in [-0.1, -0.05) is 25.4 Å². The number of hydrogen-bond donors (Lipinski definition) is 1. The van der Waals surface area contributed by atoms with Gasteiger partial charge >= 0.3 is 0 Å². The molecule has 0 bridgehead atoms. The molecule has 2 heterocycles. The number of halogens is 2. The Bertz CT molecular complexity index is 885. The van der Waals surface area contributed by atoms with Gasteiger partial charge in [0.1, 0.15) is 11.5 Å². The van der Waals surface area contributed by atoms with Crippen LogP contribution < -0.4 is 5.32 Å². The third-order valence-corrected chi connectivity index (χ3v) is 4.66. The van der Waals surface area contributed by atoms with E-state index in [1.165, 1.54) is 23.5 Å². The SMILES string of the molecule is CC(C)Cc1cc(C(=O)Nc2nccs2)n(Cc2cc(F)cc(Cl)c2)c1. The number of carbonyl (C=O) groups is 1. The van der Waals surface area contributed by atoms with Gasteiger partial charge in [-0.3, -0.25) is 10.1 Å². The van der Waals surface area contributed by atoms with Crippen LogP contribution in [0.4, 0.5) is 9.52 Å². The van der Waals surface area contributed by atoms with E-state index in [4.69, 9.17) is 11.6 Å². The lowest BCUT2D eigenvalue weighted by Gasteiger charge is -2.09. The summed E-state index contributed by atoms with van der Waals surface area (Å²) in [7, 11) is 0. The Balaban J connectivity index is 1.91. The van der Waals surface area contributed by atoms with Gasteiger partial charge in [0, 0.05) is 29.3 Å². The van der Waals surface area contributed by atoms with E-state index in [0.717, 1.165) is 12.0 Å². The van der Waals surface area contributed by atoms with Crippen molar-refractivity contribution in [3.63, 3.8) is 0 Å². The van der Waals surface area contributed by atoms with E-state index in [0.29, 0.717) is 33.9 Å². The summed E-state index contributed by atoms with van der Waals surface area (Å²) in [6.45, 7) is 4.61. The van der Waals surface area contributed by atoms with Crippen LogP contribution in [0.1, 0.15) is 35.5 Å². The summed E-state index contributed by atoms with van der Waals surface area (Å²) in [4.78, 5) is 16.8. The highest BCUT2D eigenvalue weighted by molar-refractivity contribution is 7.13. The van der Waals surface area contributed by atoms with Crippen LogP contribution in [-0.2, 0) is 13.0 Å². The van der Waals surface area contributed by atoms with Crippen LogP contribution in [0.3, 0.4) is 0 Å². The normalized spacial score (nSPS) is 11.1. The van der Waals surface area contributed by atoms with Crippen molar-refractivity contribution in [3.05, 3.63) is 69.7 Å². The minimum Gasteiger partial charge on any atom is -0.339 e. The van der Waals surface area contributed by atoms with Crippen molar-refractivity contribution in [2.24, 2.45) is 5.92 Å². The van der Waals surface area contributed by atoms with E-state index >= 15 is 0 Å². The zero-order chi connectivity index (χ0) is 18.7. The molecule has 0 fully saturated rings. The Hall–Kier alpha value is -2.18. The molecule has 0 aliphatic heterocycles. The molecule has 7 heteroatoms. The quantitative estimate of drug-likeness (QED) is 0.624. The molecule has 1 amide bonds. The molecule has 4 nitrogen and oxygen atoms in total. The first kappa shape index (κ1) is 18.6. The number of thiazole rings is 1. The minimum atomic E-state index is -0.393. The van der Waals surface area contributed by atoms with Crippen molar-refractivity contribution in [3.8, 4) is 0 Å². The summed E-state index contributed by atoms with van der Waals surface area (Å²) < 4.78 is 15.5. The molecule has 0 spiro atoms. The van der Waals surface area contributed by atoms with Crippen molar-refractivity contribution in [2.45, 2.75) is 26.8 Å². The fraction of sp³-hybridized carbons (Fsp3) is 0.263. The summed E-state index contributed by atoms with van der Waals surface area (Å²) in [6, 6.07) is 6.27. The number of amides is 1. The van der Waals surface area contributed by atoms with E-state index in [1.807, 2.05) is 16.8 Å². The Morgan fingerprint density at radius 2 is 2.12 bits per heavy atom. The smallest absolute Gasteiger partial charge is 0.274 e. The lowest BCUT2D eigenvalue weighted by Crippen LogP contribution is -2.17. The second-order valence-electron chi connectivity index (χ2n) is 6.53. The number of carbonyl (C=O) groups excluding carboxylic acids is 1. The molecule has 0 atom stereocenters. The molecule has 0 unspecified atom stereocenters. The van der Waals surface area contributed by atoms with Crippen molar-refractivity contribution < 1.29 is 9.18 Å². The van der Waals surface area contributed by atoms with Gasteiger partial charge in [0.2, 0.25) is 0 Å². The summed E-state index contributed by atoms with van der Waals surface area (Å²) in [6.07, 6.45) is 4.43. The molecule has 1 aromatic carbocycles. The zero-order valence-corrected chi connectivity index (χ0v) is 16.1. The second-order valence-corrected chi connectivity index (χ2v) is 7.86. The summed E-state index contributed by atoms with van der Waals surface area (Å²) >= 11 is 7.31. The van der Waals surface area contributed by atoms with Gasteiger partial charge in [0.15, 0.2) is 5.13 Å². The first-order chi connectivity index (χ1) is 12.4. The molecular weight excluding hydrogens is 373 g/mol. The number of nitrogens with zero attached hydrogens (tertiary/aromatic N) is 2. The van der Waals surface area contributed by atoms with E-state index in [-0.39, 0.29) is 5.91 Å². The number of aromatic nitrogens is 2. The van der Waals surface area contributed by atoms with Crippen molar-refractivity contribution >= 4 is 34.0 Å². The Labute approximate surface area is 160 Å². The Kier molecular flexibility index (Phi) is 5.74. The van der Waals surface area contributed by atoms with Crippen LogP contribution in [0.5, 0.6) is 0 Å². The third-order valence-electron chi connectivity index (χ3n) is 3.76. The first-order valence-corrected chi connectivity index (χ1v) is 9.51. The third kappa shape index (κ3) is 4.71. The lowest BCUT2D eigenvalue weighted by molar-refractivity contribution is 0.101. The fourth-order valence-electron chi connectivity index (χ4n) is 2.82. The van der Waals surface area contributed by atoms with Gasteiger partial charge in [-0.05, 0) is 47.7 Å². The molecule has 3 aromatic rings. The number of benzene rings is 1. The maximum atomic E-state index is 13.6. The molecule has 0 radical (unpaired) electrons. The highest BCUT2D eigenvalue weighted by Crippen LogP contribution is 2.20. The van der Waals surface area contributed by atoms with Crippen LogP contribution in [0.25, 0.3) is 0 Å². The molecule has 3 rings (SSSR count). The summed E-state index contributed by atoms with van der Waals surface area (Å²) in [5, 5.41) is 5.48.